The van der Waals surface area contributed by atoms with Crippen molar-refractivity contribution in [3.8, 4) is 0 Å². The molecule has 1 aromatic rings. The Labute approximate surface area is 74.5 Å². The summed E-state index contributed by atoms with van der Waals surface area (Å²) in [5, 5.41) is 0. The average Bonchev–Trinajstić information content (AvgIpc) is 2.16. The summed E-state index contributed by atoms with van der Waals surface area (Å²) in [5.41, 5.74) is 2.82. The molecule has 64 valence electrons. The molecule has 0 bridgehead atoms. The molecule has 0 saturated carbocycles. The van der Waals surface area contributed by atoms with Crippen LogP contribution in [-0.4, -0.2) is 9.13 Å². The molecule has 1 unspecified atom stereocenters. The lowest BCUT2D eigenvalue weighted by molar-refractivity contribution is 0.839. The predicted octanol–water partition coefficient (Wildman–Crippen LogP) is 2.95. The van der Waals surface area contributed by atoms with Crippen molar-refractivity contribution in [3.63, 3.8) is 0 Å². The second-order valence-corrected chi connectivity index (χ2v) is 4.93. The molecule has 0 spiro atoms. The van der Waals surface area contributed by atoms with Crippen LogP contribution in [0.4, 0.5) is 4.11 Å². The predicted molar refractivity (Wildman–Crippen MR) is 54.2 cm³/mol. The summed E-state index contributed by atoms with van der Waals surface area (Å²) in [4.78, 5) is 0. The van der Waals surface area contributed by atoms with Crippen molar-refractivity contribution in [1.29, 1.82) is 0 Å². The highest BCUT2D eigenvalue weighted by Gasteiger charge is 1.98. The lowest BCUT2D eigenvalue weighted by Crippen LogP contribution is -1.96. The van der Waals surface area contributed by atoms with E-state index in [0.717, 1.165) is 5.56 Å². The van der Waals surface area contributed by atoms with E-state index in [1.54, 1.807) is 5.70 Å². The van der Waals surface area contributed by atoms with Gasteiger partial charge in [0, 0.05) is 0 Å². The van der Waals surface area contributed by atoms with E-state index in [9.17, 15) is 4.11 Å². The van der Waals surface area contributed by atoms with Gasteiger partial charge in [0.1, 0.15) is 0 Å². The lowest BCUT2D eigenvalue weighted by Gasteiger charge is -1.93. The number of hydrogen-bond donors (Lipinski definition) is 0. The Morgan fingerprint density at radius 3 is 2.58 bits per heavy atom. The molecule has 2 heteroatoms. The van der Waals surface area contributed by atoms with E-state index < -0.39 is 9.13 Å². The van der Waals surface area contributed by atoms with Crippen LogP contribution in [-0.2, 0) is 0 Å². The van der Waals surface area contributed by atoms with Crippen molar-refractivity contribution in [1.82, 2.24) is 0 Å². The van der Waals surface area contributed by atoms with Crippen LogP contribution >= 0.6 is 0 Å². The van der Waals surface area contributed by atoms with Crippen LogP contribution in [0, 0.1) is 0 Å². The van der Waals surface area contributed by atoms with Crippen LogP contribution in [0.1, 0.15) is 12.5 Å². The number of benzene rings is 1. The van der Waals surface area contributed by atoms with Crippen molar-refractivity contribution < 1.29 is 4.11 Å². The maximum atomic E-state index is 12.9. The van der Waals surface area contributed by atoms with Crippen LogP contribution in [0.5, 0.6) is 0 Å². The van der Waals surface area contributed by atoms with Gasteiger partial charge in [-0.2, -0.15) is 0 Å². The fraction of sp³-hybridized carbons (Fsp3) is 0.200. The van der Waals surface area contributed by atoms with Crippen molar-refractivity contribution in [2.45, 2.75) is 13.0 Å². The Morgan fingerprint density at radius 2 is 2.00 bits per heavy atom. The van der Waals surface area contributed by atoms with Gasteiger partial charge >= 0.3 is 0 Å². The highest BCUT2D eigenvalue weighted by Crippen LogP contribution is 2.03. The summed E-state index contributed by atoms with van der Waals surface area (Å²) in [6, 6.07) is 10.5. The number of hydrogen-bond acceptors (Lipinski definition) is 0. The maximum Gasteiger partial charge on any atom is 0.255 e. The molecule has 1 atom stereocenters. The number of halogens is 1. The minimum Gasteiger partial charge on any atom is -0.313 e. The van der Waals surface area contributed by atoms with E-state index in [1.165, 1.54) is 0 Å². The molecule has 0 aliphatic rings. The van der Waals surface area contributed by atoms with E-state index in [1.807, 2.05) is 43.3 Å². The topological polar surface area (TPSA) is 0 Å². The highest BCUT2D eigenvalue weighted by atomic mass is 28.3. The lowest BCUT2D eigenvalue weighted by atomic mass is 10.2. The third-order valence-electron chi connectivity index (χ3n) is 1.69. The van der Waals surface area contributed by atoms with Gasteiger partial charge in [-0.05, 0) is 11.6 Å². The third kappa shape index (κ3) is 3.01. The van der Waals surface area contributed by atoms with Crippen molar-refractivity contribution in [2.24, 2.45) is 0 Å². The zero-order chi connectivity index (χ0) is 8.81. The van der Waals surface area contributed by atoms with Crippen LogP contribution in [0.3, 0.4) is 0 Å². The minimum atomic E-state index is -2.03. The second-order valence-electron chi connectivity index (χ2n) is 2.69. The van der Waals surface area contributed by atoms with Crippen molar-refractivity contribution >= 4 is 15.2 Å². The van der Waals surface area contributed by atoms with Gasteiger partial charge < -0.3 is 4.11 Å². The van der Waals surface area contributed by atoms with Gasteiger partial charge in [0.05, 0.1) is 0 Å². The molecule has 1 rings (SSSR count). The van der Waals surface area contributed by atoms with Crippen molar-refractivity contribution in [2.75, 3.05) is 0 Å². The first-order valence-electron chi connectivity index (χ1n) is 4.20. The third-order valence-corrected chi connectivity index (χ3v) is 3.08. The van der Waals surface area contributed by atoms with Gasteiger partial charge in [0.25, 0.3) is 9.13 Å². The first-order chi connectivity index (χ1) is 5.83. The van der Waals surface area contributed by atoms with Crippen LogP contribution < -0.4 is 0 Å². The number of rotatable bonds is 3. The van der Waals surface area contributed by atoms with Gasteiger partial charge in [0.15, 0.2) is 0 Å². The summed E-state index contributed by atoms with van der Waals surface area (Å²) in [7, 11) is -2.03. The van der Waals surface area contributed by atoms with Crippen LogP contribution in [0.2, 0.25) is 6.04 Å². The fourth-order valence-electron chi connectivity index (χ4n) is 0.916. The largest absolute Gasteiger partial charge is 0.313 e. The molecule has 12 heavy (non-hydrogen) atoms. The van der Waals surface area contributed by atoms with E-state index >= 15 is 0 Å². The Morgan fingerprint density at radius 1 is 1.33 bits per heavy atom. The maximum absolute atomic E-state index is 12.9. The summed E-state index contributed by atoms with van der Waals surface area (Å²) in [6.07, 6.45) is 1.88. The highest BCUT2D eigenvalue weighted by molar-refractivity contribution is 6.57. The smallest absolute Gasteiger partial charge is 0.255 e. The monoisotopic (exact) mass is 180 g/mol. The Hall–Kier alpha value is -0.893. The molecule has 0 N–H and O–H groups in total. The van der Waals surface area contributed by atoms with Gasteiger partial charge in [-0.3, -0.25) is 0 Å². The van der Waals surface area contributed by atoms with Crippen molar-refractivity contribution in [3.05, 3.63) is 41.6 Å². The normalized spacial score (nSPS) is 13.5. The Balaban J connectivity index is 2.58. The first kappa shape index (κ1) is 9.20. The molecular formula is C10H13FSi. The van der Waals surface area contributed by atoms with Gasteiger partial charge in [-0.25, -0.2) is 0 Å². The van der Waals surface area contributed by atoms with Crippen LogP contribution in [0.25, 0.3) is 6.08 Å². The molecule has 0 aromatic heterocycles. The standard InChI is InChI=1S/C10H13FSi/c1-2-12(11)9-8-10-6-4-3-5-7-10/h3-9,12H,2H2,1H3. The molecular weight excluding hydrogens is 167 g/mol. The molecule has 0 aliphatic heterocycles. The Kier molecular flexibility index (Phi) is 3.74. The first-order valence-corrected chi connectivity index (χ1v) is 6.12. The molecule has 0 nitrogen and oxygen atoms in total. The zero-order valence-corrected chi connectivity index (χ0v) is 8.36. The Bertz CT molecular complexity index is 243. The summed E-state index contributed by atoms with van der Waals surface area (Å²) in [6.45, 7) is 1.90. The second kappa shape index (κ2) is 4.88. The quantitative estimate of drug-likeness (QED) is 0.495. The summed E-state index contributed by atoms with van der Waals surface area (Å²) < 4.78 is 12.9. The summed E-state index contributed by atoms with van der Waals surface area (Å²) >= 11 is 0. The molecule has 0 saturated heterocycles. The van der Waals surface area contributed by atoms with Gasteiger partial charge in [-0.1, -0.05) is 49.0 Å². The molecule has 0 amide bonds. The van der Waals surface area contributed by atoms with E-state index in [4.69, 9.17) is 0 Å². The van der Waals surface area contributed by atoms with E-state index in [0.29, 0.717) is 6.04 Å². The molecule has 0 heterocycles. The zero-order valence-electron chi connectivity index (χ0n) is 7.20. The van der Waals surface area contributed by atoms with Gasteiger partial charge in [-0.15, -0.1) is 0 Å². The fourth-order valence-corrected chi connectivity index (χ4v) is 1.62. The average molecular weight is 180 g/mol. The molecule has 0 radical (unpaired) electrons. The molecule has 0 fully saturated rings. The van der Waals surface area contributed by atoms with E-state index in [-0.39, 0.29) is 0 Å². The van der Waals surface area contributed by atoms with Crippen LogP contribution in [0.15, 0.2) is 36.0 Å². The van der Waals surface area contributed by atoms with Gasteiger partial charge in [0.2, 0.25) is 0 Å². The van der Waals surface area contributed by atoms with E-state index in [2.05, 4.69) is 0 Å². The summed E-state index contributed by atoms with van der Waals surface area (Å²) in [5.74, 6) is 0. The minimum absolute atomic E-state index is 0.684. The SMILES string of the molecule is CC[SiH](F)C=Cc1ccccc1. The molecule has 0 aliphatic carbocycles. The molecule has 1 aromatic carbocycles.